The Hall–Kier alpha value is -2.54. The minimum absolute atomic E-state index is 0. The van der Waals surface area contributed by atoms with Crippen LogP contribution in [0.15, 0.2) is 79.1 Å². The SMILES string of the molecule is CC(C(=O)c1ccc(Cl)cc1)[n+]1cccc(NC(=O)c2ccccc2)c1.O.[Br-]. The highest BCUT2D eigenvalue weighted by Crippen LogP contribution is 2.14. The molecule has 1 unspecified atom stereocenters. The van der Waals surface area contributed by atoms with Gasteiger partial charge in [0.25, 0.3) is 5.91 Å². The molecule has 0 fully saturated rings. The molecule has 3 rings (SSSR count). The number of anilines is 1. The Kier molecular flexibility index (Phi) is 8.99. The molecule has 0 aliphatic carbocycles. The third-order valence-electron chi connectivity index (χ3n) is 4.07. The number of hydrogen-bond donors (Lipinski definition) is 1. The number of amides is 1. The predicted octanol–water partition coefficient (Wildman–Crippen LogP) is 0.503. The lowest BCUT2D eigenvalue weighted by Gasteiger charge is -2.09. The van der Waals surface area contributed by atoms with E-state index in [1.54, 1.807) is 65.5 Å². The van der Waals surface area contributed by atoms with Gasteiger partial charge in [0, 0.05) is 29.1 Å². The highest BCUT2D eigenvalue weighted by atomic mass is 79.9. The van der Waals surface area contributed by atoms with Crippen LogP contribution in [-0.2, 0) is 0 Å². The van der Waals surface area contributed by atoms with Crippen molar-refractivity contribution in [3.63, 3.8) is 0 Å². The Morgan fingerprint density at radius 3 is 2.21 bits per heavy atom. The summed E-state index contributed by atoms with van der Waals surface area (Å²) in [5.41, 5.74) is 1.79. The van der Waals surface area contributed by atoms with Crippen LogP contribution in [0.5, 0.6) is 0 Å². The smallest absolute Gasteiger partial charge is 0.255 e. The van der Waals surface area contributed by atoms with Crippen LogP contribution in [0.1, 0.15) is 33.7 Å². The molecule has 0 bridgehead atoms. The van der Waals surface area contributed by atoms with Crippen molar-refractivity contribution in [1.82, 2.24) is 0 Å². The Labute approximate surface area is 179 Å². The number of hydrogen-bond acceptors (Lipinski definition) is 2. The first-order valence-electron chi connectivity index (χ1n) is 8.21. The van der Waals surface area contributed by atoms with Crippen LogP contribution in [0.25, 0.3) is 0 Å². The maximum Gasteiger partial charge on any atom is 0.255 e. The van der Waals surface area contributed by atoms with Gasteiger partial charge in [0.2, 0.25) is 11.8 Å². The molecule has 7 heteroatoms. The van der Waals surface area contributed by atoms with Gasteiger partial charge in [-0.2, -0.15) is 4.57 Å². The van der Waals surface area contributed by atoms with Crippen LogP contribution in [0.3, 0.4) is 0 Å². The summed E-state index contributed by atoms with van der Waals surface area (Å²) in [5.74, 6) is -0.224. The zero-order chi connectivity index (χ0) is 18.5. The summed E-state index contributed by atoms with van der Waals surface area (Å²) in [6.45, 7) is 1.82. The lowest BCUT2D eigenvalue weighted by Crippen LogP contribution is -3.00. The molecule has 3 N–H and O–H groups in total. The Balaban J connectivity index is 0.00000196. The van der Waals surface area contributed by atoms with Crippen molar-refractivity contribution in [1.29, 1.82) is 0 Å². The molecule has 0 aliphatic heterocycles. The molecule has 0 aliphatic rings. The number of nitrogens with one attached hydrogen (secondary N) is 1. The summed E-state index contributed by atoms with van der Waals surface area (Å²) in [6.07, 6.45) is 3.55. The maximum absolute atomic E-state index is 12.7. The lowest BCUT2D eigenvalue weighted by molar-refractivity contribution is -0.704. The highest BCUT2D eigenvalue weighted by Gasteiger charge is 2.24. The van der Waals surface area contributed by atoms with E-state index in [0.717, 1.165) is 0 Å². The van der Waals surface area contributed by atoms with Crippen molar-refractivity contribution >= 4 is 29.0 Å². The maximum atomic E-state index is 12.7. The second-order valence-electron chi connectivity index (χ2n) is 5.91. The average molecular weight is 464 g/mol. The minimum atomic E-state index is -0.412. The standard InChI is InChI=1S/C21H17ClN2O2.BrH.H2O/c1-15(20(25)16-9-11-18(22)12-10-16)24-13-5-8-19(14-24)23-21(26)17-6-3-2-4-7-17;;/h2-15H,1H3;1H;1H2. The summed E-state index contributed by atoms with van der Waals surface area (Å²) in [7, 11) is 0. The molecular weight excluding hydrogens is 444 g/mol. The summed E-state index contributed by atoms with van der Waals surface area (Å²) in [5, 5.41) is 3.44. The fraction of sp³-hybridized carbons (Fsp3) is 0.0952. The molecule has 2 aromatic carbocycles. The number of Topliss-reactive ketones (excluding diaryl/α,β-unsaturated/α-hetero) is 1. The average Bonchev–Trinajstić information content (AvgIpc) is 2.68. The van der Waals surface area contributed by atoms with Gasteiger partial charge in [0.1, 0.15) is 5.69 Å². The number of carbonyl (C=O) groups excluding carboxylic acids is 2. The molecule has 28 heavy (non-hydrogen) atoms. The van der Waals surface area contributed by atoms with Crippen molar-refractivity contribution in [2.24, 2.45) is 0 Å². The number of ketones is 1. The first kappa shape index (κ1) is 23.5. The van der Waals surface area contributed by atoms with E-state index < -0.39 is 6.04 Å². The summed E-state index contributed by atoms with van der Waals surface area (Å²) in [4.78, 5) is 24.9. The summed E-state index contributed by atoms with van der Waals surface area (Å²) in [6, 6.07) is 19.0. The molecule has 5 nitrogen and oxygen atoms in total. The predicted molar refractivity (Wildman–Crippen MR) is 105 cm³/mol. The van der Waals surface area contributed by atoms with Gasteiger partial charge >= 0.3 is 0 Å². The normalized spacial score (nSPS) is 10.8. The van der Waals surface area contributed by atoms with Crippen molar-refractivity contribution in [2.45, 2.75) is 13.0 Å². The van der Waals surface area contributed by atoms with E-state index in [-0.39, 0.29) is 34.1 Å². The van der Waals surface area contributed by atoms with Gasteiger partial charge in [-0.3, -0.25) is 9.59 Å². The number of pyridine rings is 1. The quantitative estimate of drug-likeness (QED) is 0.442. The molecule has 0 radical (unpaired) electrons. The van der Waals surface area contributed by atoms with E-state index in [9.17, 15) is 9.59 Å². The van der Waals surface area contributed by atoms with Crippen LogP contribution >= 0.6 is 11.6 Å². The molecule has 1 heterocycles. The Morgan fingerprint density at radius 2 is 1.57 bits per heavy atom. The first-order valence-corrected chi connectivity index (χ1v) is 8.59. The van der Waals surface area contributed by atoms with Gasteiger partial charge in [-0.25, -0.2) is 0 Å². The van der Waals surface area contributed by atoms with Crippen LogP contribution < -0.4 is 26.9 Å². The fourth-order valence-electron chi connectivity index (χ4n) is 2.59. The van der Waals surface area contributed by atoms with Crippen molar-refractivity contribution < 1.29 is 36.6 Å². The number of aromatic nitrogens is 1. The van der Waals surface area contributed by atoms with Gasteiger partial charge in [-0.15, -0.1) is 0 Å². The number of rotatable bonds is 5. The third kappa shape index (κ3) is 5.73. The van der Waals surface area contributed by atoms with Gasteiger partial charge in [0.15, 0.2) is 12.4 Å². The van der Waals surface area contributed by atoms with Gasteiger partial charge < -0.3 is 27.8 Å². The zero-order valence-corrected chi connectivity index (χ0v) is 17.4. The number of halogens is 2. The lowest BCUT2D eigenvalue weighted by atomic mass is 10.1. The van der Waals surface area contributed by atoms with Gasteiger partial charge in [-0.05, 0) is 42.5 Å². The number of nitrogens with zero attached hydrogens (tertiary/aromatic N) is 1. The molecule has 146 valence electrons. The monoisotopic (exact) mass is 462 g/mol. The van der Waals surface area contributed by atoms with Crippen LogP contribution in [0, 0.1) is 0 Å². The molecule has 1 aromatic heterocycles. The minimum Gasteiger partial charge on any atom is -1.00 e. The van der Waals surface area contributed by atoms with E-state index in [2.05, 4.69) is 5.32 Å². The highest BCUT2D eigenvalue weighted by molar-refractivity contribution is 6.30. The van der Waals surface area contributed by atoms with E-state index in [0.29, 0.717) is 21.8 Å². The van der Waals surface area contributed by atoms with Crippen molar-refractivity contribution in [3.05, 3.63) is 95.3 Å². The second-order valence-corrected chi connectivity index (χ2v) is 6.34. The van der Waals surface area contributed by atoms with E-state index in [1.807, 2.05) is 25.1 Å². The molecule has 1 atom stereocenters. The molecule has 3 aromatic rings. The molecule has 0 spiro atoms. The molecule has 0 saturated heterocycles. The molecule has 1 amide bonds. The van der Waals surface area contributed by atoms with E-state index in [1.165, 1.54) is 0 Å². The second kappa shape index (κ2) is 10.7. The zero-order valence-electron chi connectivity index (χ0n) is 15.1. The van der Waals surface area contributed by atoms with Crippen LogP contribution in [-0.4, -0.2) is 17.2 Å². The van der Waals surface area contributed by atoms with Crippen LogP contribution in [0.2, 0.25) is 5.02 Å². The summed E-state index contributed by atoms with van der Waals surface area (Å²) >= 11 is 5.88. The fourth-order valence-corrected chi connectivity index (χ4v) is 2.72. The topological polar surface area (TPSA) is 81.5 Å². The van der Waals surface area contributed by atoms with Crippen molar-refractivity contribution in [2.75, 3.05) is 5.32 Å². The molecular formula is C21H20BrClN2O3. The van der Waals surface area contributed by atoms with E-state index in [4.69, 9.17) is 11.6 Å². The Morgan fingerprint density at radius 1 is 0.929 bits per heavy atom. The number of carbonyl (C=O) groups is 2. The summed E-state index contributed by atoms with van der Waals surface area (Å²) < 4.78 is 1.78. The first-order chi connectivity index (χ1) is 12.5. The molecule has 0 saturated carbocycles. The van der Waals surface area contributed by atoms with Gasteiger partial charge in [0.05, 0.1) is 0 Å². The number of benzene rings is 2. The Bertz CT molecular complexity index is 934. The van der Waals surface area contributed by atoms with Gasteiger partial charge in [-0.1, -0.05) is 29.8 Å². The van der Waals surface area contributed by atoms with Crippen molar-refractivity contribution in [3.8, 4) is 0 Å². The van der Waals surface area contributed by atoms with Crippen LogP contribution in [0.4, 0.5) is 5.69 Å². The third-order valence-corrected chi connectivity index (χ3v) is 4.32. The largest absolute Gasteiger partial charge is 1.00 e. The van der Waals surface area contributed by atoms with E-state index >= 15 is 0 Å².